The summed E-state index contributed by atoms with van der Waals surface area (Å²) in [5, 5.41) is 4.06. The zero-order chi connectivity index (χ0) is 26.4. The van der Waals surface area contributed by atoms with E-state index < -0.39 is 0 Å². The minimum absolute atomic E-state index is 0.264. The molecule has 7 heteroatoms. The van der Waals surface area contributed by atoms with Gasteiger partial charge in [0.25, 0.3) is 0 Å². The number of anilines is 1. The first-order chi connectivity index (χ1) is 18.0. The molecule has 0 bridgehead atoms. The Morgan fingerprint density at radius 1 is 0.784 bits per heavy atom. The lowest BCUT2D eigenvalue weighted by molar-refractivity contribution is -0.111. The highest BCUT2D eigenvalue weighted by Crippen LogP contribution is 2.39. The Balaban J connectivity index is 1.61. The lowest BCUT2D eigenvalue weighted by Gasteiger charge is -2.13. The van der Waals surface area contributed by atoms with E-state index >= 15 is 0 Å². The zero-order valence-electron chi connectivity index (χ0n) is 21.6. The lowest BCUT2D eigenvalue weighted by Crippen LogP contribution is -2.10. The lowest BCUT2D eigenvalue weighted by atomic mass is 10.1. The van der Waals surface area contributed by atoms with Crippen LogP contribution in [-0.2, 0) is 11.8 Å². The highest BCUT2D eigenvalue weighted by molar-refractivity contribution is 6.05. The number of rotatable bonds is 9. The van der Waals surface area contributed by atoms with Gasteiger partial charge in [-0.25, -0.2) is 0 Å². The maximum absolute atomic E-state index is 12.9. The first-order valence-corrected chi connectivity index (χ1v) is 11.7. The molecule has 4 aromatic rings. The number of nitrogens with one attached hydrogen (secondary N) is 1. The summed E-state index contributed by atoms with van der Waals surface area (Å²) in [6.07, 6.45) is 9.15. The molecule has 0 saturated heterocycles. The summed E-state index contributed by atoms with van der Waals surface area (Å²) in [5.41, 5.74) is 4.26. The van der Waals surface area contributed by atoms with Crippen LogP contribution in [0.5, 0.6) is 23.0 Å². The fraction of sp³-hybridized carbons (Fsp3) is 0.167. The molecule has 0 fully saturated rings. The van der Waals surface area contributed by atoms with Gasteiger partial charge in [-0.05, 0) is 35.9 Å². The van der Waals surface area contributed by atoms with E-state index in [-0.39, 0.29) is 5.91 Å². The van der Waals surface area contributed by atoms with Gasteiger partial charge in [-0.1, -0.05) is 42.5 Å². The molecule has 0 unspecified atom stereocenters. The molecule has 7 nitrogen and oxygen atoms in total. The van der Waals surface area contributed by atoms with Gasteiger partial charge in [-0.3, -0.25) is 4.79 Å². The van der Waals surface area contributed by atoms with Gasteiger partial charge in [-0.2, -0.15) is 0 Å². The standard InChI is InChI=1S/C30H30N2O5/c1-32-19-22(23-10-6-7-11-24(23)32)15-16-28(33)31-29-21(9-8-12-25(29)34-2)14-13-20-17-26(35-3)30(37-5)27(18-20)36-4/h6-19H,1-5H3,(H,31,33)/b14-13+,16-15+. The van der Waals surface area contributed by atoms with Crippen LogP contribution in [0.25, 0.3) is 29.1 Å². The van der Waals surface area contributed by atoms with Crippen LogP contribution in [0.15, 0.2) is 66.9 Å². The first kappa shape index (κ1) is 25.4. The number of amides is 1. The summed E-state index contributed by atoms with van der Waals surface area (Å²) in [7, 11) is 8.28. The van der Waals surface area contributed by atoms with E-state index in [1.54, 1.807) is 34.5 Å². The van der Waals surface area contributed by atoms with Crippen LogP contribution in [0.3, 0.4) is 0 Å². The average Bonchev–Trinajstić information content (AvgIpc) is 3.25. The summed E-state index contributed by atoms with van der Waals surface area (Å²) >= 11 is 0. The molecule has 0 spiro atoms. The molecule has 0 radical (unpaired) electrons. The molecule has 0 aliphatic rings. The fourth-order valence-electron chi connectivity index (χ4n) is 4.21. The molecule has 3 aromatic carbocycles. The first-order valence-electron chi connectivity index (χ1n) is 11.7. The van der Waals surface area contributed by atoms with Crippen LogP contribution in [0, 0.1) is 0 Å². The van der Waals surface area contributed by atoms with Crippen molar-refractivity contribution in [3.05, 3.63) is 83.6 Å². The molecular weight excluding hydrogens is 468 g/mol. The van der Waals surface area contributed by atoms with E-state index in [9.17, 15) is 4.79 Å². The van der Waals surface area contributed by atoms with Gasteiger partial charge in [-0.15, -0.1) is 0 Å². The van der Waals surface area contributed by atoms with Crippen LogP contribution in [-0.4, -0.2) is 38.9 Å². The van der Waals surface area contributed by atoms with E-state index in [4.69, 9.17) is 18.9 Å². The molecule has 1 N–H and O–H groups in total. The smallest absolute Gasteiger partial charge is 0.248 e. The van der Waals surface area contributed by atoms with Gasteiger partial charge >= 0.3 is 0 Å². The monoisotopic (exact) mass is 498 g/mol. The Bertz CT molecular complexity index is 1460. The van der Waals surface area contributed by atoms with Crippen LogP contribution in [0.4, 0.5) is 5.69 Å². The molecule has 0 aliphatic carbocycles. The minimum atomic E-state index is -0.264. The number of methoxy groups -OCH3 is 4. The third-order valence-electron chi connectivity index (χ3n) is 6.01. The number of benzene rings is 3. The van der Waals surface area contributed by atoms with Crippen molar-refractivity contribution in [2.75, 3.05) is 33.8 Å². The third-order valence-corrected chi connectivity index (χ3v) is 6.01. The van der Waals surface area contributed by atoms with Crippen molar-refractivity contribution < 1.29 is 23.7 Å². The second-order valence-corrected chi connectivity index (χ2v) is 8.25. The third kappa shape index (κ3) is 5.46. The SMILES string of the molecule is COc1cccc(/C=C/c2cc(OC)c(OC)c(OC)c2)c1NC(=O)/C=C/c1cn(C)c2ccccc12. The number of para-hydroxylation sites is 2. The Kier molecular flexibility index (Phi) is 7.83. The largest absolute Gasteiger partial charge is 0.495 e. The van der Waals surface area contributed by atoms with Gasteiger partial charge in [0, 0.05) is 41.4 Å². The normalized spacial score (nSPS) is 11.3. The van der Waals surface area contributed by atoms with Crippen LogP contribution in [0.2, 0.25) is 0 Å². The second-order valence-electron chi connectivity index (χ2n) is 8.25. The average molecular weight is 499 g/mol. The molecule has 1 amide bonds. The van der Waals surface area contributed by atoms with E-state index in [0.29, 0.717) is 28.7 Å². The Morgan fingerprint density at radius 2 is 1.49 bits per heavy atom. The van der Waals surface area contributed by atoms with Gasteiger partial charge in [0.15, 0.2) is 11.5 Å². The highest BCUT2D eigenvalue weighted by Gasteiger charge is 2.13. The zero-order valence-corrected chi connectivity index (χ0v) is 21.6. The summed E-state index contributed by atoms with van der Waals surface area (Å²) in [6.45, 7) is 0. The summed E-state index contributed by atoms with van der Waals surface area (Å²) in [6, 6.07) is 17.4. The van der Waals surface area contributed by atoms with Gasteiger partial charge in [0.1, 0.15) is 5.75 Å². The van der Waals surface area contributed by atoms with Crippen molar-refractivity contribution in [3.63, 3.8) is 0 Å². The van der Waals surface area contributed by atoms with Crippen molar-refractivity contribution in [2.24, 2.45) is 7.05 Å². The maximum Gasteiger partial charge on any atom is 0.248 e. The number of aromatic nitrogens is 1. The Labute approximate surface area is 216 Å². The summed E-state index contributed by atoms with van der Waals surface area (Å²) in [5.74, 6) is 1.92. The number of fused-ring (bicyclic) bond motifs is 1. The predicted molar refractivity (Wildman–Crippen MR) is 149 cm³/mol. The van der Waals surface area contributed by atoms with Crippen molar-refractivity contribution in [1.29, 1.82) is 0 Å². The topological polar surface area (TPSA) is 71.0 Å². The predicted octanol–water partition coefficient (Wildman–Crippen LogP) is 6.04. The molecular formula is C30H30N2O5. The van der Waals surface area contributed by atoms with Gasteiger partial charge in [0.05, 0.1) is 34.1 Å². The minimum Gasteiger partial charge on any atom is -0.495 e. The molecule has 4 rings (SSSR count). The summed E-state index contributed by atoms with van der Waals surface area (Å²) < 4.78 is 23.9. The van der Waals surface area contributed by atoms with Crippen molar-refractivity contribution in [2.45, 2.75) is 0 Å². The maximum atomic E-state index is 12.9. The number of nitrogens with zero attached hydrogens (tertiary/aromatic N) is 1. The molecule has 1 aromatic heterocycles. The number of hydrogen-bond acceptors (Lipinski definition) is 5. The fourth-order valence-corrected chi connectivity index (χ4v) is 4.21. The van der Waals surface area contributed by atoms with Gasteiger partial charge in [0.2, 0.25) is 11.7 Å². The Hall–Kier alpha value is -4.65. The highest BCUT2D eigenvalue weighted by atomic mass is 16.5. The number of carbonyl (C=O) groups is 1. The van der Waals surface area contributed by atoms with Crippen molar-refractivity contribution >= 4 is 40.7 Å². The molecule has 37 heavy (non-hydrogen) atoms. The van der Waals surface area contributed by atoms with Crippen LogP contribution >= 0.6 is 0 Å². The molecule has 190 valence electrons. The number of aryl methyl sites for hydroxylation is 1. The van der Waals surface area contributed by atoms with E-state index in [2.05, 4.69) is 5.32 Å². The number of ether oxygens (including phenoxy) is 4. The quantitative estimate of drug-likeness (QED) is 0.225. The van der Waals surface area contributed by atoms with E-state index in [1.807, 2.05) is 84.6 Å². The Morgan fingerprint density at radius 3 is 2.16 bits per heavy atom. The number of carbonyl (C=O) groups excluding carboxylic acids is 1. The van der Waals surface area contributed by atoms with E-state index in [0.717, 1.165) is 27.6 Å². The molecule has 0 atom stereocenters. The second kappa shape index (κ2) is 11.4. The van der Waals surface area contributed by atoms with Crippen molar-refractivity contribution in [3.8, 4) is 23.0 Å². The number of hydrogen-bond donors (Lipinski definition) is 1. The van der Waals surface area contributed by atoms with Crippen molar-refractivity contribution in [1.82, 2.24) is 4.57 Å². The van der Waals surface area contributed by atoms with Crippen LogP contribution < -0.4 is 24.3 Å². The summed E-state index contributed by atoms with van der Waals surface area (Å²) in [4.78, 5) is 12.9. The van der Waals surface area contributed by atoms with Gasteiger partial charge < -0.3 is 28.8 Å². The van der Waals surface area contributed by atoms with E-state index in [1.165, 1.54) is 6.08 Å². The van der Waals surface area contributed by atoms with Crippen LogP contribution in [0.1, 0.15) is 16.7 Å². The molecule has 1 heterocycles. The molecule has 0 saturated carbocycles. The molecule has 0 aliphatic heterocycles.